The number of halogens is 1. The van der Waals surface area contributed by atoms with Gasteiger partial charge >= 0.3 is 0 Å². The number of rotatable bonds is 4. The van der Waals surface area contributed by atoms with Crippen molar-refractivity contribution in [2.45, 2.75) is 27.0 Å². The molecule has 86 valence electrons. The average Bonchev–Trinajstić information content (AvgIpc) is 2.62. The second-order valence-corrected chi connectivity index (χ2v) is 4.16. The summed E-state index contributed by atoms with van der Waals surface area (Å²) in [6.07, 6.45) is 0. The summed E-state index contributed by atoms with van der Waals surface area (Å²) in [6, 6.07) is 8.15. The van der Waals surface area contributed by atoms with E-state index in [0.717, 1.165) is 18.2 Å². The van der Waals surface area contributed by atoms with Gasteiger partial charge in [-0.05, 0) is 38.1 Å². The molecule has 0 atom stereocenters. The summed E-state index contributed by atoms with van der Waals surface area (Å²) in [7, 11) is 0. The summed E-state index contributed by atoms with van der Waals surface area (Å²) in [4.78, 5) is 0. The third kappa shape index (κ3) is 2.08. The summed E-state index contributed by atoms with van der Waals surface area (Å²) in [5.41, 5.74) is 2.43. The summed E-state index contributed by atoms with van der Waals surface area (Å²) in [5.74, 6) is 0. The molecule has 0 saturated carbocycles. The summed E-state index contributed by atoms with van der Waals surface area (Å²) >= 11 is 5.99. The first-order valence-corrected chi connectivity index (χ1v) is 5.99. The number of ether oxygens (including phenoxy) is 1. The molecule has 3 heteroatoms. The smallest absolute Gasteiger partial charge is 0.0867 e. The van der Waals surface area contributed by atoms with E-state index in [9.17, 15) is 0 Å². The largest absolute Gasteiger partial charge is 0.376 e. The Hall–Kier alpha value is -0.990. The van der Waals surface area contributed by atoms with E-state index in [1.54, 1.807) is 0 Å². The van der Waals surface area contributed by atoms with Crippen LogP contribution in [0.4, 0.5) is 0 Å². The number of hydrogen-bond donors (Lipinski definition) is 0. The van der Waals surface area contributed by atoms with Crippen LogP contribution in [-0.4, -0.2) is 11.2 Å². The molecule has 1 heterocycles. The maximum Gasteiger partial charge on any atom is 0.0867 e. The lowest BCUT2D eigenvalue weighted by molar-refractivity contribution is 0.129. The number of benzene rings is 1. The summed E-state index contributed by atoms with van der Waals surface area (Å²) < 4.78 is 7.73. The van der Waals surface area contributed by atoms with Crippen LogP contribution in [0.25, 0.3) is 10.9 Å². The molecule has 0 spiro atoms. The van der Waals surface area contributed by atoms with E-state index in [4.69, 9.17) is 16.3 Å². The molecule has 0 saturated heterocycles. The van der Waals surface area contributed by atoms with Crippen molar-refractivity contribution in [3.05, 3.63) is 35.0 Å². The molecule has 0 aliphatic rings. The number of hydrogen-bond acceptors (Lipinski definition) is 1. The maximum absolute atomic E-state index is 5.99. The highest BCUT2D eigenvalue weighted by molar-refractivity contribution is 6.31. The molecule has 1 aromatic heterocycles. The van der Waals surface area contributed by atoms with Crippen LogP contribution in [0.2, 0.25) is 5.02 Å². The number of aromatic nitrogens is 1. The van der Waals surface area contributed by atoms with Gasteiger partial charge in [0.25, 0.3) is 0 Å². The van der Waals surface area contributed by atoms with Gasteiger partial charge in [-0.2, -0.15) is 0 Å². The summed E-state index contributed by atoms with van der Waals surface area (Å²) in [5, 5.41) is 1.97. The zero-order valence-electron chi connectivity index (χ0n) is 9.66. The Kier molecular flexibility index (Phi) is 3.52. The molecule has 0 amide bonds. The molecule has 0 radical (unpaired) electrons. The zero-order valence-corrected chi connectivity index (χ0v) is 10.4. The molecule has 0 N–H and O–H groups in total. The van der Waals surface area contributed by atoms with Gasteiger partial charge in [0.1, 0.15) is 0 Å². The molecule has 0 unspecified atom stereocenters. The first-order valence-electron chi connectivity index (χ1n) is 5.61. The zero-order chi connectivity index (χ0) is 11.5. The van der Waals surface area contributed by atoms with Crippen molar-refractivity contribution in [2.24, 2.45) is 0 Å². The van der Waals surface area contributed by atoms with Gasteiger partial charge in [-0.15, -0.1) is 0 Å². The van der Waals surface area contributed by atoms with Gasteiger partial charge in [-0.25, -0.2) is 0 Å². The highest BCUT2D eigenvalue weighted by Crippen LogP contribution is 2.24. The fraction of sp³-hybridized carbons (Fsp3) is 0.385. The Morgan fingerprint density at radius 1 is 1.25 bits per heavy atom. The van der Waals surface area contributed by atoms with Crippen LogP contribution in [0.5, 0.6) is 0 Å². The fourth-order valence-electron chi connectivity index (χ4n) is 2.00. The first kappa shape index (κ1) is 11.5. The van der Waals surface area contributed by atoms with Crippen LogP contribution in [0, 0.1) is 0 Å². The lowest BCUT2D eigenvalue weighted by atomic mass is 10.2. The van der Waals surface area contributed by atoms with Gasteiger partial charge in [0.05, 0.1) is 6.61 Å². The van der Waals surface area contributed by atoms with Crippen LogP contribution in [-0.2, 0) is 17.9 Å². The number of nitrogens with zero attached hydrogens (tertiary/aromatic N) is 1. The Bertz CT molecular complexity index is 490. The molecular formula is C13H16ClNO. The SMILES string of the molecule is CCOCc1cc2cc(Cl)ccc2n1CC. The molecule has 2 rings (SSSR count). The van der Waals surface area contributed by atoms with Crippen LogP contribution in [0.1, 0.15) is 19.5 Å². The van der Waals surface area contributed by atoms with Crippen molar-refractivity contribution >= 4 is 22.5 Å². The quantitative estimate of drug-likeness (QED) is 0.788. The van der Waals surface area contributed by atoms with Gasteiger partial charge < -0.3 is 9.30 Å². The molecule has 0 aliphatic carbocycles. The van der Waals surface area contributed by atoms with E-state index in [0.29, 0.717) is 6.61 Å². The molecule has 0 bridgehead atoms. The van der Waals surface area contributed by atoms with E-state index < -0.39 is 0 Å². The Morgan fingerprint density at radius 2 is 2.06 bits per heavy atom. The van der Waals surface area contributed by atoms with Gasteiger partial charge in [0.15, 0.2) is 0 Å². The fourth-order valence-corrected chi connectivity index (χ4v) is 2.18. The average molecular weight is 238 g/mol. The minimum Gasteiger partial charge on any atom is -0.376 e. The standard InChI is InChI=1S/C13H16ClNO/c1-3-15-12(9-16-4-2)8-10-7-11(14)5-6-13(10)15/h5-8H,3-4,9H2,1-2H3. The van der Waals surface area contributed by atoms with Crippen molar-refractivity contribution < 1.29 is 4.74 Å². The van der Waals surface area contributed by atoms with Crippen molar-refractivity contribution in [2.75, 3.05) is 6.61 Å². The minimum absolute atomic E-state index is 0.663. The lowest BCUT2D eigenvalue weighted by Crippen LogP contribution is -2.02. The molecule has 2 nitrogen and oxygen atoms in total. The van der Waals surface area contributed by atoms with Gasteiger partial charge in [-0.3, -0.25) is 0 Å². The highest BCUT2D eigenvalue weighted by Gasteiger charge is 2.07. The van der Waals surface area contributed by atoms with Crippen LogP contribution >= 0.6 is 11.6 Å². The Morgan fingerprint density at radius 3 is 2.75 bits per heavy atom. The number of fused-ring (bicyclic) bond motifs is 1. The second kappa shape index (κ2) is 4.89. The van der Waals surface area contributed by atoms with Crippen LogP contribution < -0.4 is 0 Å². The van der Waals surface area contributed by atoms with Gasteiger partial charge in [0.2, 0.25) is 0 Å². The topological polar surface area (TPSA) is 14.2 Å². The van der Waals surface area contributed by atoms with E-state index in [1.807, 2.05) is 19.1 Å². The molecule has 1 aromatic carbocycles. The van der Waals surface area contributed by atoms with E-state index >= 15 is 0 Å². The molecular weight excluding hydrogens is 222 g/mol. The van der Waals surface area contributed by atoms with Crippen LogP contribution in [0.3, 0.4) is 0 Å². The van der Waals surface area contributed by atoms with E-state index in [2.05, 4.69) is 23.6 Å². The molecule has 16 heavy (non-hydrogen) atoms. The Balaban J connectivity index is 2.48. The van der Waals surface area contributed by atoms with Crippen molar-refractivity contribution in [3.8, 4) is 0 Å². The van der Waals surface area contributed by atoms with E-state index in [1.165, 1.54) is 16.6 Å². The predicted octanol–water partition coefficient (Wildman–Crippen LogP) is 3.85. The van der Waals surface area contributed by atoms with Crippen LogP contribution in [0.15, 0.2) is 24.3 Å². The second-order valence-electron chi connectivity index (χ2n) is 3.72. The van der Waals surface area contributed by atoms with Gasteiger partial charge in [0, 0.05) is 34.8 Å². The van der Waals surface area contributed by atoms with E-state index in [-0.39, 0.29) is 0 Å². The molecule has 0 aliphatic heterocycles. The first-order chi connectivity index (χ1) is 7.76. The Labute approximate surface area is 101 Å². The van der Waals surface area contributed by atoms with Crippen molar-refractivity contribution in [1.82, 2.24) is 4.57 Å². The minimum atomic E-state index is 0.663. The summed E-state index contributed by atoms with van der Waals surface area (Å²) in [6.45, 7) is 6.51. The van der Waals surface area contributed by atoms with Crippen molar-refractivity contribution in [3.63, 3.8) is 0 Å². The number of aryl methyl sites for hydroxylation is 1. The monoisotopic (exact) mass is 237 g/mol. The highest BCUT2D eigenvalue weighted by atomic mass is 35.5. The lowest BCUT2D eigenvalue weighted by Gasteiger charge is -2.07. The van der Waals surface area contributed by atoms with Crippen molar-refractivity contribution in [1.29, 1.82) is 0 Å². The third-order valence-electron chi connectivity index (χ3n) is 2.72. The normalized spacial score (nSPS) is 11.2. The molecule has 2 aromatic rings. The predicted molar refractivity (Wildman–Crippen MR) is 68.0 cm³/mol. The molecule has 0 fully saturated rings. The maximum atomic E-state index is 5.99. The van der Waals surface area contributed by atoms with Gasteiger partial charge in [-0.1, -0.05) is 11.6 Å². The third-order valence-corrected chi connectivity index (χ3v) is 2.95.